The SMILES string of the molecule is CC(CCOC(=O)c1ccncc1)c1ccc(-c2ccccc2)c(F)c1.Cl. The number of rotatable bonds is 6. The number of esters is 1. The summed E-state index contributed by atoms with van der Waals surface area (Å²) in [5.41, 5.74) is 2.81. The number of benzene rings is 2. The highest BCUT2D eigenvalue weighted by Crippen LogP contribution is 2.27. The highest BCUT2D eigenvalue weighted by Gasteiger charge is 2.12. The zero-order valence-electron chi connectivity index (χ0n) is 15.0. The molecule has 0 amide bonds. The minimum Gasteiger partial charge on any atom is -0.462 e. The van der Waals surface area contributed by atoms with Crippen LogP contribution in [-0.2, 0) is 4.74 Å². The van der Waals surface area contributed by atoms with Gasteiger partial charge >= 0.3 is 5.97 Å². The number of carbonyl (C=O) groups excluding carboxylic acids is 1. The van der Waals surface area contributed by atoms with Crippen LogP contribution >= 0.6 is 12.4 Å². The number of hydrogen-bond donors (Lipinski definition) is 0. The zero-order chi connectivity index (χ0) is 18.4. The van der Waals surface area contributed by atoms with E-state index in [0.29, 0.717) is 17.5 Å². The van der Waals surface area contributed by atoms with Crippen LogP contribution in [-0.4, -0.2) is 17.6 Å². The van der Waals surface area contributed by atoms with Gasteiger partial charge in [0.05, 0.1) is 12.2 Å². The van der Waals surface area contributed by atoms with Crippen LogP contribution in [0.3, 0.4) is 0 Å². The van der Waals surface area contributed by atoms with Crippen molar-refractivity contribution in [2.75, 3.05) is 6.61 Å². The summed E-state index contributed by atoms with van der Waals surface area (Å²) in [7, 11) is 0. The van der Waals surface area contributed by atoms with Crippen molar-refractivity contribution in [3.63, 3.8) is 0 Å². The second kappa shape index (κ2) is 9.83. The van der Waals surface area contributed by atoms with Gasteiger partial charge in [0.1, 0.15) is 5.82 Å². The summed E-state index contributed by atoms with van der Waals surface area (Å²) in [4.78, 5) is 15.8. The molecule has 0 aliphatic rings. The lowest BCUT2D eigenvalue weighted by Crippen LogP contribution is -2.08. The summed E-state index contributed by atoms with van der Waals surface area (Å²) in [6.45, 7) is 2.28. The third-order valence-electron chi connectivity index (χ3n) is 4.35. The average Bonchev–Trinajstić information content (AvgIpc) is 2.69. The van der Waals surface area contributed by atoms with Crippen molar-refractivity contribution < 1.29 is 13.9 Å². The smallest absolute Gasteiger partial charge is 0.338 e. The third-order valence-corrected chi connectivity index (χ3v) is 4.35. The van der Waals surface area contributed by atoms with Gasteiger partial charge in [-0.2, -0.15) is 0 Å². The van der Waals surface area contributed by atoms with E-state index in [2.05, 4.69) is 4.98 Å². The molecule has 0 fully saturated rings. The Morgan fingerprint density at radius 3 is 2.44 bits per heavy atom. The number of ether oxygens (including phenoxy) is 1. The van der Waals surface area contributed by atoms with Crippen LogP contribution in [0.4, 0.5) is 4.39 Å². The first-order valence-electron chi connectivity index (χ1n) is 8.57. The van der Waals surface area contributed by atoms with Gasteiger partial charge in [-0.05, 0) is 41.7 Å². The minimum atomic E-state index is -0.370. The Hall–Kier alpha value is -2.72. The van der Waals surface area contributed by atoms with E-state index >= 15 is 0 Å². The van der Waals surface area contributed by atoms with E-state index in [4.69, 9.17) is 4.74 Å². The maximum absolute atomic E-state index is 14.5. The van der Waals surface area contributed by atoms with Crippen molar-refractivity contribution in [3.05, 3.63) is 90.0 Å². The molecule has 1 heterocycles. The van der Waals surface area contributed by atoms with Crippen LogP contribution in [0.1, 0.15) is 35.2 Å². The van der Waals surface area contributed by atoms with E-state index in [1.165, 1.54) is 0 Å². The number of pyridine rings is 1. The molecule has 0 radical (unpaired) electrons. The molecule has 0 aliphatic heterocycles. The molecule has 3 nitrogen and oxygen atoms in total. The average molecular weight is 386 g/mol. The summed E-state index contributed by atoms with van der Waals surface area (Å²) in [5, 5.41) is 0. The molecule has 27 heavy (non-hydrogen) atoms. The number of nitrogens with zero attached hydrogens (tertiary/aromatic N) is 1. The van der Waals surface area contributed by atoms with E-state index in [9.17, 15) is 9.18 Å². The molecule has 0 bridgehead atoms. The van der Waals surface area contributed by atoms with Crippen molar-refractivity contribution in [2.45, 2.75) is 19.3 Å². The van der Waals surface area contributed by atoms with Gasteiger partial charge < -0.3 is 4.74 Å². The van der Waals surface area contributed by atoms with Crippen molar-refractivity contribution in [2.24, 2.45) is 0 Å². The maximum atomic E-state index is 14.5. The molecule has 0 N–H and O–H groups in total. The lowest BCUT2D eigenvalue weighted by molar-refractivity contribution is 0.0494. The van der Waals surface area contributed by atoms with Gasteiger partial charge in [0, 0.05) is 18.0 Å². The van der Waals surface area contributed by atoms with E-state index < -0.39 is 0 Å². The molecule has 1 aromatic heterocycles. The normalized spacial score (nSPS) is 11.3. The molecule has 5 heteroatoms. The highest BCUT2D eigenvalue weighted by atomic mass is 35.5. The fraction of sp³-hybridized carbons (Fsp3) is 0.182. The van der Waals surface area contributed by atoms with E-state index in [-0.39, 0.29) is 36.7 Å². The predicted molar refractivity (Wildman–Crippen MR) is 107 cm³/mol. The van der Waals surface area contributed by atoms with Gasteiger partial charge in [-0.25, -0.2) is 9.18 Å². The molecule has 140 valence electrons. The van der Waals surface area contributed by atoms with Crippen LogP contribution in [0.25, 0.3) is 11.1 Å². The number of hydrogen-bond acceptors (Lipinski definition) is 3. The first-order chi connectivity index (χ1) is 12.6. The van der Waals surface area contributed by atoms with Gasteiger partial charge in [0.2, 0.25) is 0 Å². The fourth-order valence-corrected chi connectivity index (χ4v) is 2.76. The van der Waals surface area contributed by atoms with Crippen LogP contribution in [0.2, 0.25) is 0 Å². The van der Waals surface area contributed by atoms with Crippen molar-refractivity contribution in [1.29, 1.82) is 0 Å². The van der Waals surface area contributed by atoms with Crippen molar-refractivity contribution in [1.82, 2.24) is 4.98 Å². The zero-order valence-corrected chi connectivity index (χ0v) is 15.8. The summed E-state index contributed by atoms with van der Waals surface area (Å²) in [6, 6.07) is 18.0. The molecular formula is C22H21ClFNO2. The topological polar surface area (TPSA) is 39.2 Å². The summed E-state index contributed by atoms with van der Waals surface area (Å²) < 4.78 is 19.8. The summed E-state index contributed by atoms with van der Waals surface area (Å²) >= 11 is 0. The first kappa shape index (κ1) is 20.6. The molecule has 2 aromatic carbocycles. The molecule has 0 spiro atoms. The molecule has 0 saturated carbocycles. The van der Waals surface area contributed by atoms with Gasteiger partial charge in [-0.1, -0.05) is 49.4 Å². The van der Waals surface area contributed by atoms with Crippen LogP contribution in [0, 0.1) is 5.82 Å². The quantitative estimate of drug-likeness (QED) is 0.514. The van der Waals surface area contributed by atoms with E-state index in [1.807, 2.05) is 43.3 Å². The molecule has 0 saturated heterocycles. The number of aromatic nitrogens is 1. The minimum absolute atomic E-state index is 0. The molecule has 3 rings (SSSR count). The molecule has 0 aliphatic carbocycles. The van der Waals surface area contributed by atoms with Gasteiger partial charge in [-0.3, -0.25) is 4.98 Å². The summed E-state index contributed by atoms with van der Waals surface area (Å²) in [5.74, 6) is -0.529. The van der Waals surface area contributed by atoms with Crippen LogP contribution in [0.5, 0.6) is 0 Å². The molecule has 1 unspecified atom stereocenters. The Labute approximate surface area is 164 Å². The third kappa shape index (κ3) is 5.38. The Balaban J connectivity index is 0.00000261. The van der Waals surface area contributed by atoms with Crippen LogP contribution in [0.15, 0.2) is 73.1 Å². The molecule has 3 aromatic rings. The molecule has 1 atom stereocenters. The van der Waals surface area contributed by atoms with Gasteiger partial charge in [0.15, 0.2) is 0 Å². The Kier molecular flexibility index (Phi) is 7.50. The van der Waals surface area contributed by atoms with Crippen molar-refractivity contribution in [3.8, 4) is 11.1 Å². The maximum Gasteiger partial charge on any atom is 0.338 e. The Morgan fingerprint density at radius 1 is 1.07 bits per heavy atom. The second-order valence-electron chi connectivity index (χ2n) is 6.17. The monoisotopic (exact) mass is 385 g/mol. The number of halogens is 2. The van der Waals surface area contributed by atoms with Crippen LogP contribution < -0.4 is 0 Å². The Bertz CT molecular complexity index is 872. The fourth-order valence-electron chi connectivity index (χ4n) is 2.76. The Morgan fingerprint density at radius 2 is 1.78 bits per heavy atom. The standard InChI is InChI=1S/C22H20FNO2.ClH/c1-16(11-14-26-22(25)18-9-12-24-13-10-18)19-7-8-20(21(23)15-19)17-5-3-2-4-6-17;/h2-10,12-13,15-16H,11,14H2,1H3;1H. The van der Waals surface area contributed by atoms with Crippen molar-refractivity contribution >= 4 is 18.4 Å². The predicted octanol–water partition coefficient (Wildman–Crippen LogP) is 5.66. The van der Waals surface area contributed by atoms with E-state index in [1.54, 1.807) is 36.7 Å². The first-order valence-corrected chi connectivity index (χ1v) is 8.57. The number of carbonyl (C=O) groups is 1. The highest BCUT2D eigenvalue weighted by molar-refractivity contribution is 5.89. The lowest BCUT2D eigenvalue weighted by Gasteiger charge is -2.14. The van der Waals surface area contributed by atoms with E-state index in [0.717, 1.165) is 11.1 Å². The largest absolute Gasteiger partial charge is 0.462 e. The lowest BCUT2D eigenvalue weighted by atomic mass is 9.95. The second-order valence-corrected chi connectivity index (χ2v) is 6.17. The van der Waals surface area contributed by atoms with Gasteiger partial charge in [-0.15, -0.1) is 12.4 Å². The summed E-state index contributed by atoms with van der Waals surface area (Å²) in [6.07, 6.45) is 3.73. The van der Waals surface area contributed by atoms with Gasteiger partial charge in [0.25, 0.3) is 0 Å². The molecular weight excluding hydrogens is 365 g/mol.